The molecular formula is C12H18N2O4S. The molecule has 6 nitrogen and oxygen atoms in total. The maximum absolute atomic E-state index is 11.8. The van der Waals surface area contributed by atoms with Gasteiger partial charge in [0.2, 0.25) is 0 Å². The number of likely N-dealkylation sites (N-methyl/N-ethyl adjacent to an activating group) is 1. The Balaban J connectivity index is 2.74. The lowest BCUT2D eigenvalue weighted by atomic mass is 10.0. The summed E-state index contributed by atoms with van der Waals surface area (Å²) in [6.45, 7) is 6.09. The lowest BCUT2D eigenvalue weighted by Crippen LogP contribution is -2.48. The highest BCUT2D eigenvalue weighted by atomic mass is 32.1. The molecule has 1 aromatic rings. The average Bonchev–Trinajstić information content (AvgIpc) is 2.77. The number of nitrogens with zero attached hydrogens (tertiary/aromatic N) is 2. The lowest BCUT2D eigenvalue weighted by Gasteiger charge is -2.32. The van der Waals surface area contributed by atoms with Crippen molar-refractivity contribution in [3.63, 3.8) is 0 Å². The van der Waals surface area contributed by atoms with Gasteiger partial charge in [0.15, 0.2) is 0 Å². The molecule has 0 amide bonds. The number of rotatable bonds is 6. The van der Waals surface area contributed by atoms with E-state index >= 15 is 0 Å². The molecule has 1 heterocycles. The van der Waals surface area contributed by atoms with Crippen molar-refractivity contribution >= 4 is 22.3 Å². The second-order valence-electron chi connectivity index (χ2n) is 4.69. The van der Waals surface area contributed by atoms with E-state index in [1.54, 1.807) is 33.2 Å². The van der Waals surface area contributed by atoms with Crippen LogP contribution in [0.2, 0.25) is 0 Å². The predicted molar refractivity (Wildman–Crippen MR) is 73.2 cm³/mol. The fraction of sp³-hybridized carbons (Fsp3) is 0.583. The fourth-order valence-electron chi connectivity index (χ4n) is 1.48. The average molecular weight is 286 g/mol. The Hall–Kier alpha value is -1.47. The van der Waals surface area contributed by atoms with E-state index < -0.39 is 10.5 Å². The maximum Gasteiger partial charge on any atom is 0.325 e. The molecule has 0 bridgehead atoms. The number of esters is 1. The van der Waals surface area contributed by atoms with E-state index in [0.717, 1.165) is 16.9 Å². The van der Waals surface area contributed by atoms with Crippen LogP contribution in [0.3, 0.4) is 0 Å². The summed E-state index contributed by atoms with van der Waals surface area (Å²) in [6, 6.07) is 1.53. The molecule has 0 aliphatic rings. The minimum Gasteiger partial charge on any atom is -0.465 e. The molecule has 0 saturated heterocycles. The first kappa shape index (κ1) is 15.6. The van der Waals surface area contributed by atoms with E-state index in [2.05, 4.69) is 0 Å². The first-order chi connectivity index (χ1) is 8.78. The summed E-state index contributed by atoms with van der Waals surface area (Å²) in [5.41, 5.74) is 0.0452. The predicted octanol–water partition coefficient (Wildman–Crippen LogP) is 2.43. The third-order valence-corrected chi connectivity index (χ3v) is 3.90. The Morgan fingerprint density at radius 3 is 2.68 bits per heavy atom. The largest absolute Gasteiger partial charge is 0.465 e. The van der Waals surface area contributed by atoms with Gasteiger partial charge in [-0.3, -0.25) is 19.8 Å². The number of hydrogen-bond acceptors (Lipinski definition) is 6. The normalized spacial score (nSPS) is 11.6. The van der Waals surface area contributed by atoms with Crippen molar-refractivity contribution in [3.05, 3.63) is 27.1 Å². The maximum atomic E-state index is 11.8. The van der Waals surface area contributed by atoms with Gasteiger partial charge < -0.3 is 4.74 Å². The smallest absolute Gasteiger partial charge is 0.325 e. The van der Waals surface area contributed by atoms with E-state index in [1.807, 2.05) is 4.90 Å². The van der Waals surface area contributed by atoms with Crippen LogP contribution in [-0.4, -0.2) is 35.0 Å². The monoisotopic (exact) mass is 286 g/mol. The van der Waals surface area contributed by atoms with Crippen molar-refractivity contribution < 1.29 is 14.5 Å². The molecule has 0 N–H and O–H groups in total. The molecule has 1 rings (SSSR count). The topological polar surface area (TPSA) is 72.7 Å². The lowest BCUT2D eigenvalue weighted by molar-refractivity contribution is -0.380. The van der Waals surface area contributed by atoms with Crippen molar-refractivity contribution in [1.29, 1.82) is 0 Å². The van der Waals surface area contributed by atoms with Gasteiger partial charge in [-0.05, 0) is 33.4 Å². The van der Waals surface area contributed by atoms with Crippen LogP contribution in [0.4, 0.5) is 5.00 Å². The second-order valence-corrected chi connectivity index (χ2v) is 5.58. The standard InChI is InChI=1S/C12H18N2O4S/c1-5-18-11(15)12(2,3)13(4)7-9-6-10(14(16)17)19-8-9/h6,8H,5,7H2,1-4H3. The van der Waals surface area contributed by atoms with Gasteiger partial charge in [0.1, 0.15) is 5.54 Å². The van der Waals surface area contributed by atoms with Crippen molar-refractivity contribution in [2.75, 3.05) is 13.7 Å². The summed E-state index contributed by atoms with van der Waals surface area (Å²) >= 11 is 1.09. The molecule has 19 heavy (non-hydrogen) atoms. The van der Waals surface area contributed by atoms with Crippen molar-refractivity contribution in [1.82, 2.24) is 4.90 Å². The van der Waals surface area contributed by atoms with Crippen molar-refractivity contribution in [3.8, 4) is 0 Å². The second kappa shape index (κ2) is 6.12. The molecule has 106 valence electrons. The van der Waals surface area contributed by atoms with Crippen LogP contribution >= 0.6 is 11.3 Å². The number of nitro groups is 1. The van der Waals surface area contributed by atoms with E-state index in [9.17, 15) is 14.9 Å². The number of hydrogen-bond donors (Lipinski definition) is 0. The summed E-state index contributed by atoms with van der Waals surface area (Å²) in [4.78, 5) is 23.9. The van der Waals surface area contributed by atoms with E-state index in [0.29, 0.717) is 13.2 Å². The Morgan fingerprint density at radius 2 is 2.21 bits per heavy atom. The minimum absolute atomic E-state index is 0.109. The minimum atomic E-state index is -0.771. The first-order valence-corrected chi connectivity index (χ1v) is 6.77. The Morgan fingerprint density at radius 1 is 1.58 bits per heavy atom. The van der Waals surface area contributed by atoms with Gasteiger partial charge in [0, 0.05) is 18.0 Å². The molecular weight excluding hydrogens is 268 g/mol. The van der Waals surface area contributed by atoms with Crippen LogP contribution in [0.5, 0.6) is 0 Å². The zero-order valence-electron chi connectivity index (χ0n) is 11.5. The van der Waals surface area contributed by atoms with Crippen LogP contribution in [0.15, 0.2) is 11.4 Å². The van der Waals surface area contributed by atoms with Gasteiger partial charge in [0.05, 0.1) is 11.5 Å². The summed E-state index contributed by atoms with van der Waals surface area (Å²) in [6.07, 6.45) is 0. The molecule has 0 aliphatic carbocycles. The highest BCUT2D eigenvalue weighted by Gasteiger charge is 2.33. The molecule has 0 aliphatic heterocycles. The number of carbonyl (C=O) groups excluding carboxylic acids is 1. The van der Waals surface area contributed by atoms with Gasteiger partial charge >= 0.3 is 11.0 Å². The van der Waals surface area contributed by atoms with Crippen molar-refractivity contribution in [2.45, 2.75) is 32.9 Å². The summed E-state index contributed by atoms with van der Waals surface area (Å²) in [5.74, 6) is -0.303. The third-order valence-electron chi connectivity index (χ3n) is 2.97. The molecule has 0 spiro atoms. The van der Waals surface area contributed by atoms with Crippen LogP contribution < -0.4 is 0 Å². The van der Waals surface area contributed by atoms with Crippen LogP contribution in [0.25, 0.3) is 0 Å². The molecule has 0 atom stereocenters. The SMILES string of the molecule is CCOC(=O)C(C)(C)N(C)Cc1csc([N+](=O)[O-])c1. The quantitative estimate of drug-likeness (QED) is 0.456. The third kappa shape index (κ3) is 3.74. The molecule has 0 fully saturated rings. The summed E-state index contributed by atoms with van der Waals surface area (Å²) in [7, 11) is 1.79. The van der Waals surface area contributed by atoms with E-state index in [1.165, 1.54) is 6.07 Å². The van der Waals surface area contributed by atoms with Crippen LogP contribution in [0.1, 0.15) is 26.3 Å². The molecule has 1 aromatic heterocycles. The molecule has 0 unspecified atom stereocenters. The van der Waals surface area contributed by atoms with E-state index in [-0.39, 0.29) is 11.0 Å². The van der Waals surface area contributed by atoms with Gasteiger partial charge in [-0.25, -0.2) is 0 Å². The van der Waals surface area contributed by atoms with Gasteiger partial charge in [-0.1, -0.05) is 11.3 Å². The highest BCUT2D eigenvalue weighted by molar-refractivity contribution is 7.13. The Kier molecular flexibility index (Phi) is 5.02. The molecule has 0 saturated carbocycles. The van der Waals surface area contributed by atoms with E-state index in [4.69, 9.17) is 4.74 Å². The van der Waals surface area contributed by atoms with Gasteiger partial charge in [-0.15, -0.1) is 0 Å². The van der Waals surface area contributed by atoms with Gasteiger partial charge in [0.25, 0.3) is 0 Å². The zero-order valence-corrected chi connectivity index (χ0v) is 12.3. The number of thiophene rings is 1. The first-order valence-electron chi connectivity index (χ1n) is 5.89. The Bertz CT molecular complexity index is 470. The fourth-order valence-corrected chi connectivity index (χ4v) is 2.20. The molecule has 0 aromatic carbocycles. The van der Waals surface area contributed by atoms with Gasteiger partial charge in [-0.2, -0.15) is 0 Å². The highest BCUT2D eigenvalue weighted by Crippen LogP contribution is 2.25. The molecule has 0 radical (unpaired) electrons. The summed E-state index contributed by atoms with van der Waals surface area (Å²) in [5, 5.41) is 12.5. The van der Waals surface area contributed by atoms with Crippen molar-refractivity contribution in [2.24, 2.45) is 0 Å². The van der Waals surface area contributed by atoms with Crippen LogP contribution in [0, 0.1) is 10.1 Å². The Labute approximate surface area is 116 Å². The van der Waals surface area contributed by atoms with Crippen LogP contribution in [-0.2, 0) is 16.1 Å². The number of carbonyl (C=O) groups is 1. The summed E-state index contributed by atoms with van der Waals surface area (Å²) < 4.78 is 5.02. The molecule has 7 heteroatoms. The zero-order chi connectivity index (χ0) is 14.6. The number of ether oxygens (including phenoxy) is 1.